The van der Waals surface area contributed by atoms with Crippen LogP contribution in [0.25, 0.3) is 0 Å². The molecule has 0 aliphatic carbocycles. The Balaban J connectivity index is 0.00000364. The monoisotopic (exact) mass is 461 g/mol. The van der Waals surface area contributed by atoms with Crippen LogP contribution in [-0.4, -0.2) is 25.5 Å². The summed E-state index contributed by atoms with van der Waals surface area (Å²) in [6.45, 7) is 1.85. The van der Waals surface area contributed by atoms with Crippen LogP contribution in [0.3, 0.4) is 0 Å². The summed E-state index contributed by atoms with van der Waals surface area (Å²) in [5.74, 6) is -1.67. The summed E-state index contributed by atoms with van der Waals surface area (Å²) in [5.41, 5.74) is -0.256. The van der Waals surface area contributed by atoms with Crippen LogP contribution < -0.4 is 69.2 Å². The molecule has 8 nitrogen and oxygen atoms in total. The van der Waals surface area contributed by atoms with E-state index in [1.165, 1.54) is 17.1 Å². The van der Waals surface area contributed by atoms with Crippen LogP contribution in [0.2, 0.25) is 10.0 Å². The molecule has 0 atom stereocenters. The fourth-order valence-electron chi connectivity index (χ4n) is 2.01. The van der Waals surface area contributed by atoms with Gasteiger partial charge in [0.25, 0.3) is 0 Å². The number of hydrogen-bond acceptors (Lipinski definition) is 7. The number of carbonyl (C=O) groups is 1. The minimum Gasteiger partial charge on any atom is -0.744 e. The Hall–Kier alpha value is -0.200. The van der Waals surface area contributed by atoms with Crippen molar-refractivity contribution in [1.82, 2.24) is 0 Å². The van der Waals surface area contributed by atoms with Gasteiger partial charge in [0, 0.05) is 17.1 Å². The maximum atomic E-state index is 11.3. The molecule has 2 rings (SSSR count). The van der Waals surface area contributed by atoms with Crippen LogP contribution in [0.1, 0.15) is 17.3 Å². The molecule has 2 aromatic carbocycles. The van der Waals surface area contributed by atoms with E-state index in [1.54, 1.807) is 13.0 Å². The molecule has 0 aliphatic heterocycles. The number of carboxylic acids is 1. The number of hydrogen-bond donors (Lipinski definition) is 0. The average Bonchev–Trinajstić information content (AvgIpc) is 2.57. The molecule has 13 heteroatoms. The molecule has 0 radical (unpaired) electrons. The molecule has 0 aliphatic rings. The van der Waals surface area contributed by atoms with E-state index in [2.05, 4.69) is 10.3 Å². The summed E-state index contributed by atoms with van der Waals surface area (Å²) >= 11 is 11.8. The maximum Gasteiger partial charge on any atom is 1.00 e. The molecular weight excluding hydrogens is 451 g/mol. The fourth-order valence-corrected chi connectivity index (χ4v) is 2.82. The molecule has 0 unspecified atom stereocenters. The van der Waals surface area contributed by atoms with Gasteiger partial charge in [0.1, 0.15) is 15.8 Å². The Morgan fingerprint density at radius 2 is 1.79 bits per heavy atom. The summed E-state index contributed by atoms with van der Waals surface area (Å²) < 4.78 is 33.3. The topological polar surface area (TPSA) is 125 Å². The Kier molecular flexibility index (Phi) is 11.8. The number of nitrogens with zero attached hydrogens (tertiary/aromatic N) is 3. The van der Waals surface area contributed by atoms with Gasteiger partial charge in [-0.1, -0.05) is 28.4 Å². The fraction of sp³-hybridized carbons (Fsp3) is 0.133. The van der Waals surface area contributed by atoms with Crippen LogP contribution >= 0.6 is 23.2 Å². The van der Waals surface area contributed by atoms with E-state index in [9.17, 15) is 22.9 Å². The van der Waals surface area contributed by atoms with E-state index in [-0.39, 0.29) is 82.1 Å². The summed E-state index contributed by atoms with van der Waals surface area (Å²) in [4.78, 5) is 10.7. The Bertz CT molecular complexity index is 990. The zero-order valence-corrected chi connectivity index (χ0v) is 21.5. The first-order valence-electron chi connectivity index (χ1n) is 7.09. The van der Waals surface area contributed by atoms with Gasteiger partial charge in [-0.2, -0.15) is 0 Å². The van der Waals surface area contributed by atoms with Gasteiger partial charge < -0.3 is 14.5 Å². The number of halogens is 2. The van der Waals surface area contributed by atoms with Crippen molar-refractivity contribution in [1.29, 1.82) is 0 Å². The number of anilines is 1. The third-order valence-electron chi connectivity index (χ3n) is 3.22. The first-order valence-corrected chi connectivity index (χ1v) is 9.25. The third kappa shape index (κ3) is 7.24. The number of benzene rings is 2. The van der Waals surface area contributed by atoms with E-state index in [4.69, 9.17) is 23.2 Å². The zero-order chi connectivity index (χ0) is 19.5. The van der Waals surface area contributed by atoms with Crippen molar-refractivity contribution in [3.05, 3.63) is 52.0 Å². The Labute approximate surface area is 216 Å². The van der Waals surface area contributed by atoms with Gasteiger partial charge in [-0.3, -0.25) is 0 Å². The maximum absolute atomic E-state index is 11.3. The third-order valence-corrected chi connectivity index (χ3v) is 4.61. The molecule has 0 saturated carbocycles. The van der Waals surface area contributed by atoms with Crippen molar-refractivity contribution in [3.63, 3.8) is 0 Å². The predicted octanol–water partition coefficient (Wildman–Crippen LogP) is -3.21. The first-order chi connectivity index (χ1) is 12.1. The van der Waals surface area contributed by atoms with E-state index in [0.29, 0.717) is 5.02 Å². The van der Waals surface area contributed by atoms with Gasteiger partial charge in [0.15, 0.2) is 0 Å². The van der Waals surface area contributed by atoms with Gasteiger partial charge >= 0.3 is 59.1 Å². The Morgan fingerprint density at radius 1 is 1.14 bits per heavy atom. The van der Waals surface area contributed by atoms with Gasteiger partial charge in [0.05, 0.1) is 21.6 Å². The van der Waals surface area contributed by atoms with E-state index < -0.39 is 26.5 Å². The van der Waals surface area contributed by atoms with Crippen molar-refractivity contribution in [2.45, 2.75) is 11.8 Å². The molecule has 0 N–H and O–H groups in total. The minimum atomic E-state index is -4.82. The molecule has 0 aromatic heterocycles. The molecular formula is C15H11Cl2N3Na2O5S. The quantitative estimate of drug-likeness (QED) is 0.193. The van der Waals surface area contributed by atoms with Crippen molar-refractivity contribution < 1.29 is 82.0 Å². The van der Waals surface area contributed by atoms with Crippen LogP contribution in [0.5, 0.6) is 0 Å². The average molecular weight is 462 g/mol. The number of aromatic carboxylic acids is 1. The number of carboxylic acid groups (broad SMARTS) is 1. The standard InChI is InChI=1S/C15H13Cl2N3O5S.2Na/c1-2-20(19-18-13-7-9(16)3-5-12(13)17)14-6-4-10(26(23,24)25)8-11(14)15(21)22;;/h3-8H,2H2,1H3,(H,21,22)(H,23,24,25);;/q;2*+1/p-2. The second kappa shape index (κ2) is 11.8. The van der Waals surface area contributed by atoms with E-state index in [0.717, 1.165) is 18.2 Å². The predicted molar refractivity (Wildman–Crippen MR) is 92.7 cm³/mol. The van der Waals surface area contributed by atoms with E-state index in [1.807, 2.05) is 0 Å². The molecule has 138 valence electrons. The molecule has 0 fully saturated rings. The van der Waals surface area contributed by atoms with Gasteiger partial charge in [-0.05, 0) is 43.3 Å². The molecule has 0 spiro atoms. The van der Waals surface area contributed by atoms with Gasteiger partial charge in [0.2, 0.25) is 0 Å². The SMILES string of the molecule is CCN(N=Nc1cc(Cl)ccc1Cl)c1ccc(S(=O)(=O)[O-])cc1C(=O)[O-].[Na+].[Na+]. The molecule has 0 bridgehead atoms. The van der Waals surface area contributed by atoms with Gasteiger partial charge in [-0.15, -0.1) is 5.11 Å². The number of carbonyl (C=O) groups excluding carboxylic acids is 1. The van der Waals surface area contributed by atoms with Crippen molar-refractivity contribution in [3.8, 4) is 0 Å². The van der Waals surface area contributed by atoms with Crippen LogP contribution in [0.15, 0.2) is 51.6 Å². The van der Waals surface area contributed by atoms with Crippen molar-refractivity contribution >= 4 is 50.7 Å². The summed E-state index contributed by atoms with van der Waals surface area (Å²) in [5, 5.41) is 21.0. The Morgan fingerprint density at radius 3 is 2.32 bits per heavy atom. The molecule has 0 heterocycles. The van der Waals surface area contributed by atoms with Crippen molar-refractivity contribution in [2.75, 3.05) is 11.6 Å². The van der Waals surface area contributed by atoms with Crippen LogP contribution in [0, 0.1) is 0 Å². The van der Waals surface area contributed by atoms with Crippen molar-refractivity contribution in [2.24, 2.45) is 10.3 Å². The second-order valence-corrected chi connectivity index (χ2v) is 7.14. The largest absolute Gasteiger partial charge is 1.00 e. The first kappa shape index (κ1) is 27.8. The summed E-state index contributed by atoms with van der Waals surface area (Å²) in [6, 6.07) is 7.39. The smallest absolute Gasteiger partial charge is 0.744 e. The van der Waals surface area contributed by atoms with Crippen LogP contribution in [-0.2, 0) is 10.1 Å². The molecule has 0 saturated heterocycles. The zero-order valence-electron chi connectivity index (χ0n) is 15.2. The summed E-state index contributed by atoms with van der Waals surface area (Å²) in [6.07, 6.45) is 0. The molecule has 0 amide bonds. The van der Waals surface area contributed by atoms with E-state index >= 15 is 0 Å². The minimum absolute atomic E-state index is 0. The molecule has 28 heavy (non-hydrogen) atoms. The summed E-state index contributed by atoms with van der Waals surface area (Å²) in [7, 11) is -4.82. The van der Waals surface area contributed by atoms with Gasteiger partial charge in [-0.25, -0.2) is 13.4 Å². The normalized spacial score (nSPS) is 10.9. The number of rotatable bonds is 6. The van der Waals surface area contributed by atoms with Crippen LogP contribution in [0.4, 0.5) is 11.4 Å². The second-order valence-electron chi connectivity index (χ2n) is 4.92. The molecule has 2 aromatic rings.